The van der Waals surface area contributed by atoms with Crippen LogP contribution in [0.15, 0.2) is 18.2 Å². The van der Waals surface area contributed by atoms with Crippen molar-refractivity contribution in [2.24, 2.45) is 0 Å². The van der Waals surface area contributed by atoms with Gasteiger partial charge in [-0.3, -0.25) is 4.79 Å². The highest BCUT2D eigenvalue weighted by molar-refractivity contribution is 5.92. The minimum absolute atomic E-state index is 0. The van der Waals surface area contributed by atoms with E-state index in [0.717, 1.165) is 49.4 Å². The molecular formula is C17H27ClN2O2. The lowest BCUT2D eigenvalue weighted by molar-refractivity contribution is -0.116. The zero-order valence-electron chi connectivity index (χ0n) is 13.5. The summed E-state index contributed by atoms with van der Waals surface area (Å²) in [5.41, 5.74) is 1.91. The number of aryl methyl sites for hydroxylation is 1. The fourth-order valence-electron chi connectivity index (χ4n) is 2.56. The molecule has 1 aromatic rings. The molecule has 1 amide bonds. The number of unbranched alkanes of at least 4 members (excludes halogenated alkanes) is 1. The molecule has 1 aromatic carbocycles. The minimum Gasteiger partial charge on any atom is -0.494 e. The van der Waals surface area contributed by atoms with Crippen molar-refractivity contribution in [2.45, 2.75) is 52.0 Å². The molecule has 2 rings (SSSR count). The highest BCUT2D eigenvalue weighted by atomic mass is 35.5. The third-order valence-electron chi connectivity index (χ3n) is 3.83. The van der Waals surface area contributed by atoms with Gasteiger partial charge in [0.05, 0.1) is 6.61 Å². The maximum Gasteiger partial charge on any atom is 0.225 e. The molecule has 0 aliphatic carbocycles. The second-order valence-electron chi connectivity index (χ2n) is 5.72. The Bertz CT molecular complexity index is 474. The smallest absolute Gasteiger partial charge is 0.225 e. The van der Waals surface area contributed by atoms with Gasteiger partial charge >= 0.3 is 0 Å². The number of carbonyl (C=O) groups is 1. The minimum atomic E-state index is 0. The van der Waals surface area contributed by atoms with Crippen LogP contribution in [0, 0.1) is 6.92 Å². The van der Waals surface area contributed by atoms with E-state index < -0.39 is 0 Å². The van der Waals surface area contributed by atoms with Gasteiger partial charge < -0.3 is 15.4 Å². The van der Waals surface area contributed by atoms with Crippen molar-refractivity contribution in [2.75, 3.05) is 18.5 Å². The highest BCUT2D eigenvalue weighted by Crippen LogP contribution is 2.22. The molecule has 124 valence electrons. The number of carbonyl (C=O) groups excluding carboxylic acids is 1. The molecule has 1 aliphatic heterocycles. The van der Waals surface area contributed by atoms with Crippen LogP contribution in [0.5, 0.6) is 5.75 Å². The number of hydrogen-bond acceptors (Lipinski definition) is 3. The van der Waals surface area contributed by atoms with Gasteiger partial charge in [0.2, 0.25) is 5.91 Å². The Balaban J connectivity index is 0.00000242. The number of hydrogen-bond donors (Lipinski definition) is 2. The fraction of sp³-hybridized carbons (Fsp3) is 0.588. The van der Waals surface area contributed by atoms with E-state index >= 15 is 0 Å². The quantitative estimate of drug-likeness (QED) is 0.751. The van der Waals surface area contributed by atoms with Crippen LogP contribution in [0.25, 0.3) is 0 Å². The average Bonchev–Trinajstić information content (AvgIpc) is 2.95. The van der Waals surface area contributed by atoms with Crippen molar-refractivity contribution in [3.8, 4) is 5.75 Å². The van der Waals surface area contributed by atoms with Gasteiger partial charge in [0.1, 0.15) is 5.75 Å². The van der Waals surface area contributed by atoms with Crippen molar-refractivity contribution in [3.05, 3.63) is 23.8 Å². The van der Waals surface area contributed by atoms with Gasteiger partial charge in [-0.1, -0.05) is 13.3 Å². The fourth-order valence-corrected chi connectivity index (χ4v) is 2.56. The van der Waals surface area contributed by atoms with Crippen molar-refractivity contribution < 1.29 is 9.53 Å². The van der Waals surface area contributed by atoms with Crippen molar-refractivity contribution in [1.29, 1.82) is 0 Å². The van der Waals surface area contributed by atoms with Crippen LogP contribution in [-0.4, -0.2) is 25.1 Å². The predicted octanol–water partition coefficient (Wildman–Crippen LogP) is 3.68. The van der Waals surface area contributed by atoms with E-state index in [1.165, 1.54) is 6.42 Å². The van der Waals surface area contributed by atoms with E-state index in [2.05, 4.69) is 17.6 Å². The maximum atomic E-state index is 12.0. The van der Waals surface area contributed by atoms with Crippen LogP contribution in [0.4, 0.5) is 5.69 Å². The van der Waals surface area contributed by atoms with E-state index in [1.54, 1.807) is 0 Å². The average molecular weight is 327 g/mol. The van der Waals surface area contributed by atoms with Gasteiger partial charge in [0.15, 0.2) is 0 Å². The molecule has 2 N–H and O–H groups in total. The Kier molecular flexibility index (Phi) is 8.28. The number of benzene rings is 1. The lowest BCUT2D eigenvalue weighted by Crippen LogP contribution is -2.27. The predicted molar refractivity (Wildman–Crippen MR) is 93.1 cm³/mol. The standard InChI is InChI=1S/C17H26N2O2.ClH/c1-3-4-10-21-15-7-8-16(13(2)11-15)19-17(20)12-14-6-5-9-18-14;/h7-8,11,14,18H,3-6,9-10,12H2,1-2H3,(H,19,20);1H. The Morgan fingerprint density at radius 1 is 1.45 bits per heavy atom. The molecule has 0 bridgehead atoms. The van der Waals surface area contributed by atoms with E-state index in [1.807, 2.05) is 25.1 Å². The molecule has 0 aromatic heterocycles. The number of nitrogens with one attached hydrogen (secondary N) is 2. The van der Waals surface area contributed by atoms with Crippen LogP contribution in [0.3, 0.4) is 0 Å². The van der Waals surface area contributed by atoms with Gasteiger partial charge in [-0.15, -0.1) is 12.4 Å². The van der Waals surface area contributed by atoms with Gasteiger partial charge in [0, 0.05) is 18.2 Å². The molecule has 1 fully saturated rings. The van der Waals surface area contributed by atoms with Crippen molar-refractivity contribution in [3.63, 3.8) is 0 Å². The summed E-state index contributed by atoms with van der Waals surface area (Å²) in [6.07, 6.45) is 5.00. The SMILES string of the molecule is CCCCOc1ccc(NC(=O)CC2CCCN2)c(C)c1.Cl. The third kappa shape index (κ3) is 5.85. The van der Waals surface area contributed by atoms with Crippen LogP contribution in [-0.2, 0) is 4.79 Å². The van der Waals surface area contributed by atoms with Crippen LogP contribution < -0.4 is 15.4 Å². The summed E-state index contributed by atoms with van der Waals surface area (Å²) in [5, 5.41) is 6.34. The van der Waals surface area contributed by atoms with Crippen LogP contribution in [0.1, 0.15) is 44.6 Å². The van der Waals surface area contributed by atoms with Crippen LogP contribution in [0.2, 0.25) is 0 Å². The Morgan fingerprint density at radius 2 is 2.27 bits per heavy atom. The van der Waals surface area contributed by atoms with Gasteiger partial charge in [-0.05, 0) is 56.5 Å². The first-order valence-electron chi connectivity index (χ1n) is 7.95. The molecule has 1 heterocycles. The summed E-state index contributed by atoms with van der Waals surface area (Å²) < 4.78 is 5.67. The normalized spacial score (nSPS) is 16.9. The van der Waals surface area contributed by atoms with Crippen molar-refractivity contribution >= 4 is 24.0 Å². The second kappa shape index (κ2) is 9.70. The molecule has 1 aliphatic rings. The summed E-state index contributed by atoms with van der Waals surface area (Å²) in [6, 6.07) is 6.17. The molecule has 5 heteroatoms. The number of ether oxygens (including phenoxy) is 1. The van der Waals surface area contributed by atoms with E-state index in [9.17, 15) is 4.79 Å². The largest absolute Gasteiger partial charge is 0.494 e. The summed E-state index contributed by atoms with van der Waals surface area (Å²) in [4.78, 5) is 12.0. The number of rotatable bonds is 7. The lowest BCUT2D eigenvalue weighted by atomic mass is 10.1. The second-order valence-corrected chi connectivity index (χ2v) is 5.72. The summed E-state index contributed by atoms with van der Waals surface area (Å²) in [5.74, 6) is 0.952. The molecular weight excluding hydrogens is 300 g/mol. The molecule has 1 unspecified atom stereocenters. The van der Waals surface area contributed by atoms with E-state index in [0.29, 0.717) is 12.5 Å². The third-order valence-corrected chi connectivity index (χ3v) is 3.83. The molecule has 1 atom stereocenters. The topological polar surface area (TPSA) is 50.4 Å². The first-order chi connectivity index (χ1) is 10.2. The van der Waals surface area contributed by atoms with E-state index in [4.69, 9.17) is 4.74 Å². The van der Waals surface area contributed by atoms with Gasteiger partial charge in [-0.25, -0.2) is 0 Å². The monoisotopic (exact) mass is 326 g/mol. The molecule has 0 spiro atoms. The van der Waals surface area contributed by atoms with E-state index in [-0.39, 0.29) is 18.3 Å². The van der Waals surface area contributed by atoms with Crippen LogP contribution >= 0.6 is 12.4 Å². The first-order valence-corrected chi connectivity index (χ1v) is 7.95. The number of anilines is 1. The molecule has 0 radical (unpaired) electrons. The zero-order valence-corrected chi connectivity index (χ0v) is 14.3. The Morgan fingerprint density at radius 3 is 2.91 bits per heavy atom. The van der Waals surface area contributed by atoms with Gasteiger partial charge in [-0.2, -0.15) is 0 Å². The molecule has 0 saturated carbocycles. The highest BCUT2D eigenvalue weighted by Gasteiger charge is 2.17. The summed E-state index contributed by atoms with van der Waals surface area (Å²) in [7, 11) is 0. The zero-order chi connectivity index (χ0) is 15.1. The molecule has 22 heavy (non-hydrogen) atoms. The van der Waals surface area contributed by atoms with Gasteiger partial charge in [0.25, 0.3) is 0 Å². The van der Waals surface area contributed by atoms with Crippen molar-refractivity contribution in [1.82, 2.24) is 5.32 Å². The molecule has 4 nitrogen and oxygen atoms in total. The summed E-state index contributed by atoms with van der Waals surface area (Å²) >= 11 is 0. The molecule has 1 saturated heterocycles. The number of halogens is 1. The first kappa shape index (κ1) is 18.8. The lowest BCUT2D eigenvalue weighted by Gasteiger charge is -2.13. The Labute approximate surface area is 139 Å². The Hall–Kier alpha value is -1.26. The maximum absolute atomic E-state index is 12.0. The summed E-state index contributed by atoms with van der Waals surface area (Å²) in [6.45, 7) is 5.92. The number of amides is 1.